The highest BCUT2D eigenvalue weighted by Crippen LogP contribution is 2.31. The first kappa shape index (κ1) is 14.4. The van der Waals surface area contributed by atoms with Gasteiger partial charge >= 0.3 is 0 Å². The molecule has 21 heavy (non-hydrogen) atoms. The fourth-order valence-corrected chi connectivity index (χ4v) is 2.85. The lowest BCUT2D eigenvalue weighted by Gasteiger charge is -2.13. The zero-order valence-corrected chi connectivity index (χ0v) is 13.0. The molecule has 2 N–H and O–H groups in total. The van der Waals surface area contributed by atoms with Crippen LogP contribution in [0.1, 0.15) is 25.7 Å². The van der Waals surface area contributed by atoms with E-state index in [0.717, 1.165) is 5.82 Å². The van der Waals surface area contributed by atoms with Gasteiger partial charge < -0.3 is 10.6 Å². The minimum absolute atomic E-state index is 0.469. The van der Waals surface area contributed by atoms with Gasteiger partial charge in [0.05, 0.1) is 15.7 Å². The van der Waals surface area contributed by atoms with Crippen LogP contribution >= 0.6 is 23.2 Å². The van der Waals surface area contributed by atoms with Crippen molar-refractivity contribution in [1.82, 2.24) is 9.97 Å². The van der Waals surface area contributed by atoms with Crippen molar-refractivity contribution in [3.8, 4) is 0 Å². The van der Waals surface area contributed by atoms with E-state index in [0.29, 0.717) is 27.7 Å². The Bertz CT molecular complexity index is 627. The number of rotatable bonds is 4. The van der Waals surface area contributed by atoms with Gasteiger partial charge in [0, 0.05) is 12.2 Å². The fourth-order valence-electron chi connectivity index (χ4n) is 2.50. The first-order valence-electron chi connectivity index (χ1n) is 7.03. The van der Waals surface area contributed by atoms with E-state index < -0.39 is 0 Å². The van der Waals surface area contributed by atoms with Crippen LogP contribution in [0, 0.1) is 0 Å². The molecule has 2 aromatic rings. The van der Waals surface area contributed by atoms with Crippen LogP contribution in [0.3, 0.4) is 0 Å². The number of anilines is 3. The maximum Gasteiger partial charge on any atom is 0.229 e. The van der Waals surface area contributed by atoms with Gasteiger partial charge in [-0.2, -0.15) is 4.98 Å². The number of nitrogens with zero attached hydrogens (tertiary/aromatic N) is 2. The highest BCUT2D eigenvalue weighted by Gasteiger charge is 2.15. The van der Waals surface area contributed by atoms with E-state index in [9.17, 15) is 0 Å². The number of hydrogen-bond acceptors (Lipinski definition) is 4. The molecule has 0 bridgehead atoms. The predicted molar refractivity (Wildman–Crippen MR) is 87.7 cm³/mol. The molecule has 3 rings (SSSR count). The quantitative estimate of drug-likeness (QED) is 0.842. The molecule has 1 aliphatic carbocycles. The maximum absolute atomic E-state index is 6.15. The molecule has 1 aromatic carbocycles. The molecule has 4 nitrogen and oxygen atoms in total. The van der Waals surface area contributed by atoms with Gasteiger partial charge in [-0.15, -0.1) is 0 Å². The monoisotopic (exact) mass is 322 g/mol. The third-order valence-corrected chi connectivity index (χ3v) is 4.38. The van der Waals surface area contributed by atoms with E-state index in [1.165, 1.54) is 25.7 Å². The molecule has 1 saturated carbocycles. The zero-order chi connectivity index (χ0) is 14.7. The molecule has 6 heteroatoms. The third kappa shape index (κ3) is 3.57. The van der Waals surface area contributed by atoms with Crippen molar-refractivity contribution < 1.29 is 0 Å². The lowest BCUT2D eigenvalue weighted by molar-refractivity contribution is 0.750. The van der Waals surface area contributed by atoms with E-state index >= 15 is 0 Å². The van der Waals surface area contributed by atoms with Gasteiger partial charge in [0.1, 0.15) is 5.82 Å². The first-order valence-corrected chi connectivity index (χ1v) is 7.78. The summed E-state index contributed by atoms with van der Waals surface area (Å²) in [6.45, 7) is 0. The van der Waals surface area contributed by atoms with Gasteiger partial charge in [-0.3, -0.25) is 0 Å². The Morgan fingerprint density at radius 1 is 1.10 bits per heavy atom. The lowest BCUT2D eigenvalue weighted by atomic mass is 10.2. The normalized spacial score (nSPS) is 15.1. The second-order valence-corrected chi connectivity index (χ2v) is 5.90. The molecule has 1 heterocycles. The van der Waals surface area contributed by atoms with E-state index in [4.69, 9.17) is 23.2 Å². The third-order valence-electron chi connectivity index (χ3n) is 3.56. The summed E-state index contributed by atoms with van der Waals surface area (Å²) in [7, 11) is 0. The van der Waals surface area contributed by atoms with E-state index in [2.05, 4.69) is 20.6 Å². The summed E-state index contributed by atoms with van der Waals surface area (Å²) < 4.78 is 0. The number of nitrogens with one attached hydrogen (secondary N) is 2. The van der Waals surface area contributed by atoms with Crippen molar-refractivity contribution in [2.24, 2.45) is 0 Å². The fraction of sp³-hybridized carbons (Fsp3) is 0.333. The number of halogens is 2. The van der Waals surface area contributed by atoms with Gasteiger partial charge in [-0.1, -0.05) is 42.1 Å². The van der Waals surface area contributed by atoms with Gasteiger partial charge in [-0.05, 0) is 31.0 Å². The van der Waals surface area contributed by atoms with Crippen molar-refractivity contribution in [3.05, 3.63) is 40.5 Å². The maximum atomic E-state index is 6.15. The van der Waals surface area contributed by atoms with Crippen molar-refractivity contribution >= 4 is 40.7 Å². The minimum Gasteiger partial charge on any atom is -0.367 e. The second kappa shape index (κ2) is 6.50. The Morgan fingerprint density at radius 2 is 1.90 bits per heavy atom. The molecule has 0 atom stereocenters. The van der Waals surface area contributed by atoms with Gasteiger partial charge in [0.2, 0.25) is 5.95 Å². The highest BCUT2D eigenvalue weighted by atomic mass is 35.5. The van der Waals surface area contributed by atoms with Gasteiger partial charge in [-0.25, -0.2) is 4.98 Å². The van der Waals surface area contributed by atoms with Crippen LogP contribution in [0.5, 0.6) is 0 Å². The van der Waals surface area contributed by atoms with E-state index in [-0.39, 0.29) is 0 Å². The molecule has 0 amide bonds. The van der Waals surface area contributed by atoms with Crippen molar-refractivity contribution in [2.45, 2.75) is 31.7 Å². The van der Waals surface area contributed by atoms with Crippen LogP contribution in [0.4, 0.5) is 17.5 Å². The van der Waals surface area contributed by atoms with Crippen LogP contribution in [-0.2, 0) is 0 Å². The zero-order valence-electron chi connectivity index (χ0n) is 11.4. The van der Waals surface area contributed by atoms with Crippen molar-refractivity contribution in [1.29, 1.82) is 0 Å². The predicted octanol–water partition coefficient (Wildman–Crippen LogP) is 4.88. The molecule has 0 unspecified atom stereocenters. The summed E-state index contributed by atoms with van der Waals surface area (Å²) in [6.07, 6.45) is 6.70. The van der Waals surface area contributed by atoms with Crippen LogP contribution in [0.25, 0.3) is 0 Å². The van der Waals surface area contributed by atoms with Crippen LogP contribution < -0.4 is 10.6 Å². The smallest absolute Gasteiger partial charge is 0.229 e. The number of hydrogen-bond donors (Lipinski definition) is 2. The molecule has 0 radical (unpaired) electrons. The molecule has 110 valence electrons. The molecular formula is C15H16Cl2N4. The average molecular weight is 323 g/mol. The average Bonchev–Trinajstić information content (AvgIpc) is 2.97. The second-order valence-electron chi connectivity index (χ2n) is 5.12. The molecule has 1 fully saturated rings. The van der Waals surface area contributed by atoms with E-state index in [1.54, 1.807) is 12.3 Å². The summed E-state index contributed by atoms with van der Waals surface area (Å²) >= 11 is 12.2. The van der Waals surface area contributed by atoms with E-state index in [1.807, 2.05) is 18.2 Å². The van der Waals surface area contributed by atoms with Crippen molar-refractivity contribution in [2.75, 3.05) is 10.6 Å². The Labute approximate surface area is 133 Å². The number of aromatic nitrogens is 2. The van der Waals surface area contributed by atoms with Crippen LogP contribution in [-0.4, -0.2) is 16.0 Å². The van der Waals surface area contributed by atoms with Gasteiger partial charge in [0.15, 0.2) is 0 Å². The summed E-state index contributed by atoms with van der Waals surface area (Å²) in [5.74, 6) is 1.33. The SMILES string of the molecule is Clc1cccc(Nc2nccc(NC3CCCC3)n2)c1Cl. The minimum atomic E-state index is 0.469. The Balaban J connectivity index is 1.74. The van der Waals surface area contributed by atoms with Gasteiger partial charge in [0.25, 0.3) is 0 Å². The molecular weight excluding hydrogens is 307 g/mol. The molecule has 1 aromatic heterocycles. The lowest BCUT2D eigenvalue weighted by Crippen LogP contribution is -2.15. The molecule has 0 saturated heterocycles. The summed E-state index contributed by atoms with van der Waals surface area (Å²) in [4.78, 5) is 8.68. The summed E-state index contributed by atoms with van der Waals surface area (Å²) in [5, 5.41) is 7.51. The molecule has 1 aliphatic rings. The summed E-state index contributed by atoms with van der Waals surface area (Å²) in [5.41, 5.74) is 0.696. The first-order chi connectivity index (χ1) is 10.2. The van der Waals surface area contributed by atoms with Crippen molar-refractivity contribution in [3.63, 3.8) is 0 Å². The Hall–Kier alpha value is -1.52. The standard InChI is InChI=1S/C15H16Cl2N4/c16-11-6-3-7-12(14(11)17)20-15-18-9-8-13(21-15)19-10-4-1-2-5-10/h3,6-10H,1-2,4-5H2,(H2,18,19,20,21). The summed E-state index contributed by atoms with van der Waals surface area (Å²) in [6, 6.07) is 7.81. The topological polar surface area (TPSA) is 49.8 Å². The largest absolute Gasteiger partial charge is 0.367 e. The van der Waals surface area contributed by atoms with Crippen LogP contribution in [0.15, 0.2) is 30.5 Å². The Kier molecular flexibility index (Phi) is 4.46. The molecule has 0 spiro atoms. The van der Waals surface area contributed by atoms with Crippen LogP contribution in [0.2, 0.25) is 10.0 Å². The highest BCUT2D eigenvalue weighted by molar-refractivity contribution is 6.43. The molecule has 0 aliphatic heterocycles. The number of benzene rings is 1. The Morgan fingerprint density at radius 3 is 2.71 bits per heavy atom.